The summed E-state index contributed by atoms with van der Waals surface area (Å²) in [6.45, 7) is 4.81. The van der Waals surface area contributed by atoms with Gasteiger partial charge in [-0.25, -0.2) is 4.79 Å². The molecule has 0 aromatic carbocycles. The maximum Gasteiger partial charge on any atom is 0.317 e. The van der Waals surface area contributed by atoms with Crippen molar-refractivity contribution in [2.45, 2.75) is 26.2 Å². The van der Waals surface area contributed by atoms with Crippen molar-refractivity contribution in [2.75, 3.05) is 33.2 Å². The first-order chi connectivity index (χ1) is 7.69. The SMILES string of the molecule is CCN(CCC(=O)N1CCCC1)C(=O)NC. The molecule has 1 rings (SSSR count). The maximum absolute atomic E-state index is 11.7. The quantitative estimate of drug-likeness (QED) is 0.767. The van der Waals surface area contributed by atoms with Crippen LogP contribution in [0, 0.1) is 0 Å². The van der Waals surface area contributed by atoms with Gasteiger partial charge in [0, 0.05) is 39.6 Å². The molecule has 0 atom stereocenters. The van der Waals surface area contributed by atoms with Crippen molar-refractivity contribution in [2.24, 2.45) is 0 Å². The van der Waals surface area contributed by atoms with Gasteiger partial charge in [-0.05, 0) is 19.8 Å². The van der Waals surface area contributed by atoms with Crippen LogP contribution < -0.4 is 5.32 Å². The Morgan fingerprint density at radius 3 is 2.44 bits per heavy atom. The van der Waals surface area contributed by atoms with Gasteiger partial charge in [-0.3, -0.25) is 4.79 Å². The third-order valence-electron chi connectivity index (χ3n) is 2.94. The van der Waals surface area contributed by atoms with E-state index in [1.165, 1.54) is 0 Å². The molecule has 92 valence electrons. The summed E-state index contributed by atoms with van der Waals surface area (Å²) in [7, 11) is 1.60. The van der Waals surface area contributed by atoms with E-state index in [1.807, 2.05) is 11.8 Å². The average molecular weight is 227 g/mol. The lowest BCUT2D eigenvalue weighted by Crippen LogP contribution is -2.40. The summed E-state index contributed by atoms with van der Waals surface area (Å²) in [5.74, 6) is 0.167. The fraction of sp³-hybridized carbons (Fsp3) is 0.818. The highest BCUT2D eigenvalue weighted by atomic mass is 16.2. The molecule has 1 aliphatic heterocycles. The van der Waals surface area contributed by atoms with Gasteiger partial charge in [0.1, 0.15) is 0 Å². The summed E-state index contributed by atoms with van der Waals surface area (Å²) in [5, 5.41) is 2.57. The Bertz CT molecular complexity index is 250. The van der Waals surface area contributed by atoms with Crippen molar-refractivity contribution in [1.29, 1.82) is 0 Å². The zero-order valence-electron chi connectivity index (χ0n) is 10.2. The molecule has 0 saturated carbocycles. The number of rotatable bonds is 4. The van der Waals surface area contributed by atoms with E-state index in [-0.39, 0.29) is 11.9 Å². The molecule has 16 heavy (non-hydrogen) atoms. The topological polar surface area (TPSA) is 52.7 Å². The number of urea groups is 1. The summed E-state index contributed by atoms with van der Waals surface area (Å²) in [6.07, 6.45) is 2.65. The van der Waals surface area contributed by atoms with Crippen molar-refractivity contribution in [3.8, 4) is 0 Å². The first kappa shape index (κ1) is 12.8. The van der Waals surface area contributed by atoms with Crippen LogP contribution in [0.1, 0.15) is 26.2 Å². The Kier molecular flexibility index (Phi) is 5.08. The van der Waals surface area contributed by atoms with Crippen LogP contribution in [0.5, 0.6) is 0 Å². The van der Waals surface area contributed by atoms with Crippen LogP contribution in [0.4, 0.5) is 4.79 Å². The van der Waals surface area contributed by atoms with E-state index >= 15 is 0 Å². The van der Waals surface area contributed by atoms with Gasteiger partial charge in [0.05, 0.1) is 0 Å². The maximum atomic E-state index is 11.7. The van der Waals surface area contributed by atoms with E-state index in [0.29, 0.717) is 19.5 Å². The number of hydrogen-bond donors (Lipinski definition) is 1. The molecule has 0 radical (unpaired) electrons. The van der Waals surface area contributed by atoms with Gasteiger partial charge in [-0.15, -0.1) is 0 Å². The highest BCUT2D eigenvalue weighted by Gasteiger charge is 2.19. The van der Waals surface area contributed by atoms with E-state index in [0.717, 1.165) is 25.9 Å². The number of carbonyl (C=O) groups is 2. The predicted octanol–water partition coefficient (Wildman–Crippen LogP) is 0.660. The number of nitrogens with one attached hydrogen (secondary N) is 1. The zero-order valence-corrected chi connectivity index (χ0v) is 10.2. The molecule has 5 heteroatoms. The lowest BCUT2D eigenvalue weighted by atomic mass is 10.3. The number of amides is 3. The van der Waals surface area contributed by atoms with Gasteiger partial charge in [-0.2, -0.15) is 0 Å². The minimum Gasteiger partial charge on any atom is -0.343 e. The van der Waals surface area contributed by atoms with Crippen molar-refractivity contribution in [3.63, 3.8) is 0 Å². The Balaban J connectivity index is 2.31. The minimum atomic E-state index is -0.114. The largest absolute Gasteiger partial charge is 0.343 e. The molecular formula is C11H21N3O2. The highest BCUT2D eigenvalue weighted by molar-refractivity contribution is 5.78. The van der Waals surface area contributed by atoms with Crippen LogP contribution in [0.25, 0.3) is 0 Å². The van der Waals surface area contributed by atoms with E-state index in [4.69, 9.17) is 0 Å². The van der Waals surface area contributed by atoms with Gasteiger partial charge in [0.25, 0.3) is 0 Å². The van der Waals surface area contributed by atoms with Gasteiger partial charge in [0.15, 0.2) is 0 Å². The van der Waals surface area contributed by atoms with Gasteiger partial charge < -0.3 is 15.1 Å². The smallest absolute Gasteiger partial charge is 0.317 e. The number of likely N-dealkylation sites (tertiary alicyclic amines) is 1. The Morgan fingerprint density at radius 2 is 1.94 bits per heavy atom. The molecule has 1 N–H and O–H groups in total. The molecule has 5 nitrogen and oxygen atoms in total. The first-order valence-corrected chi connectivity index (χ1v) is 5.93. The molecule has 0 aromatic heterocycles. The number of hydrogen-bond acceptors (Lipinski definition) is 2. The summed E-state index contributed by atoms with van der Waals surface area (Å²) in [5.41, 5.74) is 0. The lowest BCUT2D eigenvalue weighted by molar-refractivity contribution is -0.130. The monoisotopic (exact) mass is 227 g/mol. The van der Waals surface area contributed by atoms with E-state index in [2.05, 4.69) is 5.32 Å². The van der Waals surface area contributed by atoms with E-state index in [9.17, 15) is 9.59 Å². The van der Waals surface area contributed by atoms with Gasteiger partial charge in [0.2, 0.25) is 5.91 Å². The second kappa shape index (κ2) is 6.35. The van der Waals surface area contributed by atoms with Crippen LogP contribution in [0.3, 0.4) is 0 Å². The second-order valence-electron chi connectivity index (χ2n) is 3.97. The normalized spacial score (nSPS) is 15.0. The average Bonchev–Trinajstić information content (AvgIpc) is 2.82. The van der Waals surface area contributed by atoms with Crippen LogP contribution in [-0.4, -0.2) is 55.0 Å². The summed E-state index contributed by atoms with van der Waals surface area (Å²) in [6, 6.07) is -0.114. The summed E-state index contributed by atoms with van der Waals surface area (Å²) >= 11 is 0. The second-order valence-corrected chi connectivity index (χ2v) is 3.97. The van der Waals surface area contributed by atoms with Crippen molar-refractivity contribution < 1.29 is 9.59 Å². The van der Waals surface area contributed by atoms with Crippen molar-refractivity contribution in [1.82, 2.24) is 15.1 Å². The zero-order chi connectivity index (χ0) is 12.0. The van der Waals surface area contributed by atoms with E-state index < -0.39 is 0 Å². The number of nitrogens with zero attached hydrogens (tertiary/aromatic N) is 2. The summed E-state index contributed by atoms with van der Waals surface area (Å²) in [4.78, 5) is 26.6. The predicted molar refractivity (Wildman–Crippen MR) is 62.1 cm³/mol. The molecule has 3 amide bonds. The molecule has 1 aliphatic rings. The van der Waals surface area contributed by atoms with Crippen LogP contribution in [-0.2, 0) is 4.79 Å². The Hall–Kier alpha value is -1.26. The van der Waals surface area contributed by atoms with Gasteiger partial charge >= 0.3 is 6.03 Å². The molecule has 1 saturated heterocycles. The Morgan fingerprint density at radius 1 is 1.31 bits per heavy atom. The molecule has 0 unspecified atom stereocenters. The fourth-order valence-corrected chi connectivity index (χ4v) is 1.92. The van der Waals surface area contributed by atoms with Crippen molar-refractivity contribution in [3.05, 3.63) is 0 Å². The van der Waals surface area contributed by atoms with E-state index in [1.54, 1.807) is 11.9 Å². The molecule has 0 aromatic rings. The van der Waals surface area contributed by atoms with Gasteiger partial charge in [-0.1, -0.05) is 0 Å². The standard InChI is InChI=1S/C11H21N3O2/c1-3-13(11(16)12-2)9-6-10(15)14-7-4-5-8-14/h3-9H2,1-2H3,(H,12,16). The molecule has 0 bridgehead atoms. The highest BCUT2D eigenvalue weighted by Crippen LogP contribution is 2.09. The van der Waals surface area contributed by atoms with Crippen LogP contribution in [0.2, 0.25) is 0 Å². The van der Waals surface area contributed by atoms with Crippen LogP contribution >= 0.6 is 0 Å². The lowest BCUT2D eigenvalue weighted by Gasteiger charge is -2.21. The molecule has 0 aliphatic carbocycles. The fourth-order valence-electron chi connectivity index (χ4n) is 1.92. The van der Waals surface area contributed by atoms with Crippen LogP contribution in [0.15, 0.2) is 0 Å². The Labute approximate surface area is 96.8 Å². The molecular weight excluding hydrogens is 206 g/mol. The third-order valence-corrected chi connectivity index (χ3v) is 2.94. The molecule has 1 heterocycles. The van der Waals surface area contributed by atoms with Crippen molar-refractivity contribution >= 4 is 11.9 Å². The summed E-state index contributed by atoms with van der Waals surface area (Å²) < 4.78 is 0. The number of carbonyl (C=O) groups excluding carboxylic acids is 2. The first-order valence-electron chi connectivity index (χ1n) is 5.93. The minimum absolute atomic E-state index is 0.114. The molecule has 1 fully saturated rings. The third kappa shape index (κ3) is 3.40. The molecule has 0 spiro atoms.